The van der Waals surface area contributed by atoms with Crippen LogP contribution in [-0.2, 0) is 11.3 Å². The fraction of sp³-hybridized carbons (Fsp3) is 0.500. The molecule has 2 atom stereocenters. The summed E-state index contributed by atoms with van der Waals surface area (Å²) in [5.41, 5.74) is 1.17. The first-order valence-corrected chi connectivity index (χ1v) is 12.1. The number of methoxy groups -OCH3 is 1. The minimum Gasteiger partial charge on any atom is -0.492 e. The molecule has 4 bridgehead atoms. The van der Waals surface area contributed by atoms with Crippen LogP contribution in [-0.4, -0.2) is 61.7 Å². The Morgan fingerprint density at radius 1 is 1.12 bits per heavy atom. The molecular weight excluding hydrogens is 443 g/mol. The number of carbonyl (C=O) groups is 1. The second-order valence-corrected chi connectivity index (χ2v) is 9.33. The van der Waals surface area contributed by atoms with Crippen molar-refractivity contribution in [3.8, 4) is 5.75 Å². The summed E-state index contributed by atoms with van der Waals surface area (Å²) in [6.07, 6.45) is 4.00. The van der Waals surface area contributed by atoms with Gasteiger partial charge in [-0.2, -0.15) is 0 Å². The molecule has 0 aromatic heterocycles. The topological polar surface area (TPSA) is 42.0 Å². The molecule has 1 amide bonds. The van der Waals surface area contributed by atoms with Gasteiger partial charge < -0.3 is 14.4 Å². The number of rotatable bonds is 3. The maximum Gasteiger partial charge on any atom is 0.254 e. The summed E-state index contributed by atoms with van der Waals surface area (Å²) in [7, 11) is 1.76. The highest BCUT2D eigenvalue weighted by Gasteiger charge is 2.31. The molecule has 7 heteroatoms. The number of halogens is 2. The Hall–Kier alpha value is -2.15. The minimum absolute atomic E-state index is 0.0469. The molecule has 178 valence electrons. The molecule has 1 fully saturated rings. The summed E-state index contributed by atoms with van der Waals surface area (Å²) in [6, 6.07) is 12.2. The number of hydrogen-bond donors (Lipinski definition) is 0. The van der Waals surface area contributed by atoms with Gasteiger partial charge in [0.05, 0.1) is 6.10 Å². The van der Waals surface area contributed by atoms with Crippen molar-refractivity contribution in [2.45, 2.75) is 38.3 Å². The predicted molar refractivity (Wildman–Crippen MR) is 127 cm³/mol. The summed E-state index contributed by atoms with van der Waals surface area (Å²) < 4.78 is 26.1. The van der Waals surface area contributed by atoms with E-state index in [0.29, 0.717) is 60.6 Å². The molecule has 0 unspecified atom stereocenters. The molecule has 2 heterocycles. The van der Waals surface area contributed by atoms with E-state index in [1.54, 1.807) is 19.2 Å². The lowest BCUT2D eigenvalue weighted by Gasteiger charge is -2.38. The van der Waals surface area contributed by atoms with Crippen LogP contribution in [0.1, 0.15) is 41.6 Å². The molecule has 5 nitrogen and oxygen atoms in total. The van der Waals surface area contributed by atoms with Crippen LogP contribution in [0.3, 0.4) is 0 Å². The van der Waals surface area contributed by atoms with Gasteiger partial charge in [-0.05, 0) is 56.1 Å². The van der Waals surface area contributed by atoms with Crippen LogP contribution < -0.4 is 4.74 Å². The van der Waals surface area contributed by atoms with Crippen molar-refractivity contribution in [3.63, 3.8) is 0 Å². The Labute approximate surface area is 200 Å². The van der Waals surface area contributed by atoms with Gasteiger partial charge in [0.25, 0.3) is 5.91 Å². The first kappa shape index (κ1) is 24.0. The number of fused-ring (bicyclic) bond motifs is 4. The van der Waals surface area contributed by atoms with Gasteiger partial charge in [-0.3, -0.25) is 9.69 Å². The summed E-state index contributed by atoms with van der Waals surface area (Å²) in [4.78, 5) is 17.3. The van der Waals surface area contributed by atoms with Gasteiger partial charge in [-0.1, -0.05) is 30.2 Å². The number of ether oxygens (including phenoxy) is 2. The van der Waals surface area contributed by atoms with Gasteiger partial charge in [-0.25, -0.2) is 4.39 Å². The molecule has 0 N–H and O–H groups in total. The average molecular weight is 475 g/mol. The second kappa shape index (κ2) is 11.3. The van der Waals surface area contributed by atoms with Crippen LogP contribution in [0.2, 0.25) is 5.02 Å². The third kappa shape index (κ3) is 6.05. The largest absolute Gasteiger partial charge is 0.492 e. The standard InChI is InChI=1S/C26H32ClFN2O3/c1-32-25-11-13-30-17-20(25)6-2-3-12-29(18-22-23(27)9-5-10-24(22)28)14-15-33-21-8-4-7-19(16-21)26(30)31/h4-5,7-10,16,20,25H,2-3,6,11-15,17-18H2,1H3/t20-,25+/m0/s1. The van der Waals surface area contributed by atoms with E-state index < -0.39 is 0 Å². The van der Waals surface area contributed by atoms with Crippen LogP contribution in [0.25, 0.3) is 0 Å². The molecule has 0 saturated carbocycles. The lowest BCUT2D eigenvalue weighted by atomic mass is 9.89. The number of benzene rings is 2. The predicted octanol–water partition coefficient (Wildman–Crippen LogP) is 5.02. The number of nitrogens with zero attached hydrogens (tertiary/aromatic N) is 2. The van der Waals surface area contributed by atoms with Crippen molar-refractivity contribution in [1.82, 2.24) is 9.80 Å². The monoisotopic (exact) mass is 474 g/mol. The van der Waals surface area contributed by atoms with Gasteiger partial charge >= 0.3 is 0 Å². The molecule has 33 heavy (non-hydrogen) atoms. The SMILES string of the molecule is CO[C@@H]1CCN2C[C@@H]1CCCCN(Cc1c(F)cccc1Cl)CCOc1cccc(c1)C2=O. The minimum atomic E-state index is -0.282. The van der Waals surface area contributed by atoms with Crippen molar-refractivity contribution in [3.05, 3.63) is 64.4 Å². The molecule has 0 radical (unpaired) electrons. The van der Waals surface area contributed by atoms with E-state index in [4.69, 9.17) is 21.1 Å². The van der Waals surface area contributed by atoms with E-state index in [0.717, 1.165) is 32.2 Å². The molecule has 2 aliphatic heterocycles. The molecule has 2 aromatic rings. The highest BCUT2D eigenvalue weighted by molar-refractivity contribution is 6.31. The van der Waals surface area contributed by atoms with Crippen LogP contribution in [0.15, 0.2) is 42.5 Å². The van der Waals surface area contributed by atoms with Crippen molar-refractivity contribution < 1.29 is 18.7 Å². The van der Waals surface area contributed by atoms with Crippen molar-refractivity contribution in [2.24, 2.45) is 5.92 Å². The number of amides is 1. The first-order valence-electron chi connectivity index (χ1n) is 11.8. The number of carbonyl (C=O) groups excluding carboxylic acids is 1. The summed E-state index contributed by atoms with van der Waals surface area (Å²) >= 11 is 6.29. The van der Waals surface area contributed by atoms with Crippen molar-refractivity contribution >= 4 is 17.5 Å². The maximum absolute atomic E-state index is 14.4. The van der Waals surface area contributed by atoms with Gasteiger partial charge in [0, 0.05) is 55.4 Å². The lowest BCUT2D eigenvalue weighted by Crippen LogP contribution is -2.46. The smallest absolute Gasteiger partial charge is 0.254 e. The van der Waals surface area contributed by atoms with Gasteiger partial charge in [0.2, 0.25) is 0 Å². The maximum atomic E-state index is 14.4. The highest BCUT2D eigenvalue weighted by Crippen LogP contribution is 2.27. The second-order valence-electron chi connectivity index (χ2n) is 8.92. The number of hydrogen-bond acceptors (Lipinski definition) is 4. The summed E-state index contributed by atoms with van der Waals surface area (Å²) in [5, 5.41) is 0.447. The summed E-state index contributed by atoms with van der Waals surface area (Å²) in [5.74, 6) is 0.746. The highest BCUT2D eigenvalue weighted by atomic mass is 35.5. The first-order chi connectivity index (χ1) is 16.0. The summed E-state index contributed by atoms with van der Waals surface area (Å²) in [6.45, 7) is 3.75. The van der Waals surface area contributed by atoms with Gasteiger partial charge in [0.15, 0.2) is 0 Å². The van der Waals surface area contributed by atoms with Crippen LogP contribution in [0.5, 0.6) is 5.75 Å². The lowest BCUT2D eigenvalue weighted by molar-refractivity contribution is -0.00677. The Bertz CT molecular complexity index is 937. The molecular formula is C26H32ClFN2O3. The zero-order chi connectivity index (χ0) is 23.2. The Balaban J connectivity index is 1.53. The van der Waals surface area contributed by atoms with Gasteiger partial charge in [-0.15, -0.1) is 0 Å². The van der Waals surface area contributed by atoms with E-state index in [-0.39, 0.29) is 17.8 Å². The molecule has 2 aliphatic rings. The average Bonchev–Trinajstić information content (AvgIpc) is 2.83. The quantitative estimate of drug-likeness (QED) is 0.626. The van der Waals surface area contributed by atoms with E-state index in [1.807, 2.05) is 29.2 Å². The Morgan fingerprint density at radius 2 is 1.97 bits per heavy atom. The van der Waals surface area contributed by atoms with Crippen LogP contribution >= 0.6 is 11.6 Å². The van der Waals surface area contributed by atoms with Crippen LogP contribution in [0, 0.1) is 11.7 Å². The Kier molecular flexibility index (Phi) is 8.23. The normalized spacial score (nSPS) is 22.9. The number of piperidine rings is 1. The van der Waals surface area contributed by atoms with E-state index >= 15 is 0 Å². The van der Waals surface area contributed by atoms with Crippen molar-refractivity contribution in [1.29, 1.82) is 0 Å². The molecule has 4 rings (SSSR count). The van der Waals surface area contributed by atoms with Crippen molar-refractivity contribution in [2.75, 3.05) is 39.9 Å². The fourth-order valence-electron chi connectivity index (χ4n) is 4.90. The zero-order valence-corrected chi connectivity index (χ0v) is 19.9. The third-order valence-electron chi connectivity index (χ3n) is 6.75. The fourth-order valence-corrected chi connectivity index (χ4v) is 5.12. The Morgan fingerprint density at radius 3 is 2.79 bits per heavy atom. The third-order valence-corrected chi connectivity index (χ3v) is 7.11. The van der Waals surface area contributed by atoms with E-state index in [2.05, 4.69) is 4.90 Å². The molecule has 1 saturated heterocycles. The van der Waals surface area contributed by atoms with E-state index in [9.17, 15) is 9.18 Å². The van der Waals surface area contributed by atoms with E-state index in [1.165, 1.54) is 6.07 Å². The van der Waals surface area contributed by atoms with Crippen LogP contribution in [0.4, 0.5) is 4.39 Å². The molecule has 0 aliphatic carbocycles. The van der Waals surface area contributed by atoms with Gasteiger partial charge in [0.1, 0.15) is 18.2 Å². The molecule has 0 spiro atoms. The molecule has 2 aromatic carbocycles. The zero-order valence-electron chi connectivity index (χ0n) is 19.1.